The smallest absolute Gasteiger partial charge is 0.248 e. The minimum atomic E-state index is -3.41. The Morgan fingerprint density at radius 3 is 2.35 bits per heavy atom. The van der Waals surface area contributed by atoms with E-state index in [1.807, 2.05) is 19.1 Å². The summed E-state index contributed by atoms with van der Waals surface area (Å²) >= 11 is 0. The number of anilines is 1. The second kappa shape index (κ2) is 9.06. The van der Waals surface area contributed by atoms with Crippen molar-refractivity contribution in [2.45, 2.75) is 38.0 Å². The van der Waals surface area contributed by atoms with E-state index in [9.17, 15) is 22.0 Å². The Labute approximate surface area is 214 Å². The van der Waals surface area contributed by atoms with E-state index in [2.05, 4.69) is 9.71 Å². The number of carbonyl (C=O) groups excluding carboxylic acids is 1. The maximum atomic E-state index is 14.3. The molecular formula is C28H26F2N2O4S. The first kappa shape index (κ1) is 25.1. The van der Waals surface area contributed by atoms with E-state index in [0.717, 1.165) is 17.4 Å². The molecule has 3 aromatic rings. The molecule has 6 nitrogen and oxygen atoms in total. The van der Waals surface area contributed by atoms with Crippen molar-refractivity contribution in [2.24, 2.45) is 0 Å². The number of benzene rings is 2. The summed E-state index contributed by atoms with van der Waals surface area (Å²) in [5.74, 6) is 0.246. The highest BCUT2D eigenvalue weighted by Gasteiger charge is 2.54. The number of ketones is 1. The van der Waals surface area contributed by atoms with Gasteiger partial charge in [0.15, 0.2) is 5.78 Å². The fourth-order valence-electron chi connectivity index (χ4n) is 4.88. The Hall–Kier alpha value is -3.59. The largest absolute Gasteiger partial charge is 0.496 e. The number of aromatic nitrogens is 1. The number of sulfonamides is 1. The topological polar surface area (TPSA) is 85.4 Å². The van der Waals surface area contributed by atoms with Gasteiger partial charge >= 0.3 is 0 Å². The average Bonchev–Trinajstić information content (AvgIpc) is 3.65. The second-order valence-electron chi connectivity index (χ2n) is 9.73. The zero-order valence-corrected chi connectivity index (χ0v) is 21.5. The number of nitrogens with zero attached hydrogens (tertiary/aromatic N) is 1. The summed E-state index contributed by atoms with van der Waals surface area (Å²) in [5, 5.41) is 0.540. The van der Waals surface area contributed by atoms with Crippen LogP contribution in [0.2, 0.25) is 0 Å². The monoisotopic (exact) mass is 524 g/mol. The van der Waals surface area contributed by atoms with Crippen LogP contribution in [0.25, 0.3) is 27.6 Å². The van der Waals surface area contributed by atoms with Crippen LogP contribution >= 0.6 is 0 Å². The number of ether oxygens (including phenoxy) is 1. The standard InChI is InChI=1S/C28H26F2N2O4S/c1-16-4-9-20(24(33)12-16)21-14-23(28(10-11-28)27(29)30)26(36-2)22-13-18(15-31-25(21)22)17-5-7-19(8-6-17)32-37(3,34)35/h4-9,13-15,27,32H,10-12H2,1-3H3. The molecule has 5 rings (SSSR count). The van der Waals surface area contributed by atoms with Crippen LogP contribution < -0.4 is 9.46 Å². The molecule has 0 amide bonds. The first-order valence-corrected chi connectivity index (χ1v) is 13.7. The van der Waals surface area contributed by atoms with Gasteiger partial charge in [-0.15, -0.1) is 0 Å². The van der Waals surface area contributed by atoms with Gasteiger partial charge in [-0.1, -0.05) is 29.9 Å². The normalized spacial score (nSPS) is 17.0. The van der Waals surface area contributed by atoms with Crippen molar-refractivity contribution in [1.29, 1.82) is 0 Å². The molecule has 37 heavy (non-hydrogen) atoms. The first-order valence-electron chi connectivity index (χ1n) is 11.8. The van der Waals surface area contributed by atoms with Crippen LogP contribution in [0.1, 0.15) is 37.3 Å². The van der Waals surface area contributed by atoms with Gasteiger partial charge < -0.3 is 4.74 Å². The lowest BCUT2D eigenvalue weighted by Crippen LogP contribution is -2.19. The van der Waals surface area contributed by atoms with E-state index < -0.39 is 21.9 Å². The van der Waals surface area contributed by atoms with Gasteiger partial charge in [0.2, 0.25) is 16.4 Å². The van der Waals surface area contributed by atoms with Crippen molar-refractivity contribution in [3.05, 3.63) is 71.4 Å². The molecule has 1 heterocycles. The van der Waals surface area contributed by atoms with E-state index in [4.69, 9.17) is 4.74 Å². The Bertz CT molecular complexity index is 1590. The number of pyridine rings is 1. The third kappa shape index (κ3) is 4.64. The summed E-state index contributed by atoms with van der Waals surface area (Å²) < 4.78 is 59.7. The quantitative estimate of drug-likeness (QED) is 0.417. The molecule has 0 saturated heterocycles. The van der Waals surface area contributed by atoms with Gasteiger partial charge in [0, 0.05) is 46.0 Å². The lowest BCUT2D eigenvalue weighted by atomic mass is 9.85. The average molecular weight is 525 g/mol. The highest BCUT2D eigenvalue weighted by molar-refractivity contribution is 7.92. The third-order valence-corrected chi connectivity index (χ3v) is 7.56. The maximum Gasteiger partial charge on any atom is 0.248 e. The van der Waals surface area contributed by atoms with Gasteiger partial charge in [-0.05, 0) is 49.6 Å². The molecule has 192 valence electrons. The van der Waals surface area contributed by atoms with Crippen LogP contribution in [0.5, 0.6) is 5.75 Å². The van der Waals surface area contributed by atoms with Crippen molar-refractivity contribution >= 4 is 38.0 Å². The van der Waals surface area contributed by atoms with Crippen molar-refractivity contribution in [1.82, 2.24) is 4.98 Å². The molecule has 0 atom stereocenters. The fraction of sp³-hybridized carbons (Fsp3) is 0.286. The summed E-state index contributed by atoms with van der Waals surface area (Å²) in [6.07, 6.45) is 4.69. The van der Waals surface area contributed by atoms with Crippen molar-refractivity contribution in [2.75, 3.05) is 18.1 Å². The van der Waals surface area contributed by atoms with E-state index in [1.54, 1.807) is 42.6 Å². The Balaban J connectivity index is 1.72. The molecule has 0 aliphatic heterocycles. The summed E-state index contributed by atoms with van der Waals surface area (Å²) in [6.45, 7) is 1.87. The molecule has 1 fully saturated rings. The number of Topliss-reactive ketones (excluding diaryl/α,β-unsaturated/α-hetero) is 1. The van der Waals surface area contributed by atoms with Crippen LogP contribution in [0.3, 0.4) is 0 Å². The second-order valence-corrected chi connectivity index (χ2v) is 11.5. The van der Waals surface area contributed by atoms with Crippen molar-refractivity contribution in [3.8, 4) is 16.9 Å². The summed E-state index contributed by atoms with van der Waals surface area (Å²) in [6, 6.07) is 10.2. The molecule has 0 spiro atoms. The minimum Gasteiger partial charge on any atom is -0.496 e. The van der Waals surface area contributed by atoms with Crippen LogP contribution in [-0.4, -0.2) is 39.0 Å². The van der Waals surface area contributed by atoms with Gasteiger partial charge in [-0.2, -0.15) is 0 Å². The number of nitrogens with one attached hydrogen (secondary N) is 1. The number of methoxy groups -OCH3 is 1. The van der Waals surface area contributed by atoms with Crippen LogP contribution in [-0.2, 0) is 20.2 Å². The third-order valence-electron chi connectivity index (χ3n) is 6.95. The van der Waals surface area contributed by atoms with Gasteiger partial charge in [-0.3, -0.25) is 14.5 Å². The molecular weight excluding hydrogens is 498 g/mol. The van der Waals surface area contributed by atoms with Gasteiger partial charge in [0.1, 0.15) is 5.75 Å². The molecule has 2 aliphatic carbocycles. The molecule has 0 unspecified atom stereocenters. The van der Waals surface area contributed by atoms with Crippen molar-refractivity contribution < 1.29 is 26.7 Å². The molecule has 1 saturated carbocycles. The lowest BCUT2D eigenvalue weighted by Gasteiger charge is -2.23. The summed E-state index contributed by atoms with van der Waals surface area (Å²) in [4.78, 5) is 17.6. The molecule has 2 aliphatic rings. The molecule has 1 aromatic heterocycles. The van der Waals surface area contributed by atoms with Gasteiger partial charge in [0.05, 0.1) is 24.3 Å². The minimum absolute atomic E-state index is 0.0841. The Morgan fingerprint density at radius 1 is 1.08 bits per heavy atom. The number of halogens is 2. The molecule has 0 bridgehead atoms. The highest BCUT2D eigenvalue weighted by Crippen LogP contribution is 2.57. The van der Waals surface area contributed by atoms with Crippen LogP contribution in [0.4, 0.5) is 14.5 Å². The molecule has 0 radical (unpaired) electrons. The lowest BCUT2D eigenvalue weighted by molar-refractivity contribution is -0.113. The number of rotatable bonds is 7. The predicted octanol–water partition coefficient (Wildman–Crippen LogP) is 5.88. The number of carbonyl (C=O) groups is 1. The maximum absolute atomic E-state index is 14.3. The number of hydrogen-bond acceptors (Lipinski definition) is 5. The highest BCUT2D eigenvalue weighted by atomic mass is 32.2. The Kier molecular flexibility index (Phi) is 6.14. The summed E-state index contributed by atoms with van der Waals surface area (Å²) in [5.41, 5.74) is 3.34. The van der Waals surface area contributed by atoms with E-state index >= 15 is 0 Å². The van der Waals surface area contributed by atoms with Crippen LogP contribution in [0, 0.1) is 0 Å². The molecule has 1 N–H and O–H groups in total. The van der Waals surface area contributed by atoms with E-state index in [1.165, 1.54) is 7.11 Å². The van der Waals surface area contributed by atoms with Gasteiger partial charge in [-0.25, -0.2) is 17.2 Å². The Morgan fingerprint density at radius 2 is 1.78 bits per heavy atom. The van der Waals surface area contributed by atoms with E-state index in [0.29, 0.717) is 57.4 Å². The number of allylic oxidation sites excluding steroid dienone is 4. The fourth-order valence-corrected chi connectivity index (χ4v) is 5.44. The summed E-state index contributed by atoms with van der Waals surface area (Å²) in [7, 11) is -1.96. The zero-order chi connectivity index (χ0) is 26.5. The zero-order valence-electron chi connectivity index (χ0n) is 20.6. The molecule has 9 heteroatoms. The van der Waals surface area contributed by atoms with E-state index in [-0.39, 0.29) is 12.2 Å². The number of alkyl halides is 2. The first-order chi connectivity index (χ1) is 17.5. The van der Waals surface area contributed by atoms with Crippen molar-refractivity contribution in [3.63, 3.8) is 0 Å². The predicted molar refractivity (Wildman–Crippen MR) is 140 cm³/mol. The number of fused-ring (bicyclic) bond motifs is 1. The number of hydrogen-bond donors (Lipinski definition) is 1. The molecule has 2 aromatic carbocycles. The van der Waals surface area contributed by atoms with Crippen LogP contribution in [0.15, 0.2) is 60.3 Å². The van der Waals surface area contributed by atoms with Gasteiger partial charge in [0.25, 0.3) is 0 Å². The SMILES string of the molecule is COc1c(C2(C(F)F)CC2)cc(C2=CC=C(C)CC2=O)c2ncc(-c3ccc(NS(C)(=O)=O)cc3)cc12.